The van der Waals surface area contributed by atoms with E-state index in [9.17, 15) is 4.79 Å². The van der Waals surface area contributed by atoms with Gasteiger partial charge in [0.15, 0.2) is 5.11 Å². The number of thiocarbonyl (C=S) groups is 1. The third-order valence-electron chi connectivity index (χ3n) is 4.93. The van der Waals surface area contributed by atoms with E-state index in [2.05, 4.69) is 46.7 Å². The van der Waals surface area contributed by atoms with Crippen molar-refractivity contribution in [2.75, 3.05) is 29.9 Å². The van der Waals surface area contributed by atoms with Gasteiger partial charge in [0.1, 0.15) is 0 Å². The molecule has 154 valence electrons. The van der Waals surface area contributed by atoms with Crippen LogP contribution in [0.1, 0.15) is 48.7 Å². The summed E-state index contributed by atoms with van der Waals surface area (Å²) in [6, 6.07) is 13.7. The van der Waals surface area contributed by atoms with Gasteiger partial charge < -0.3 is 20.3 Å². The van der Waals surface area contributed by atoms with Crippen molar-refractivity contribution in [3.63, 3.8) is 0 Å². The Bertz CT molecular complexity index is 867. The van der Waals surface area contributed by atoms with Crippen molar-refractivity contribution in [3.05, 3.63) is 58.6 Å². The molecule has 0 unspecified atom stereocenters. The average molecular weight is 432 g/mol. The lowest BCUT2D eigenvalue weighted by Gasteiger charge is -2.20. The van der Waals surface area contributed by atoms with Gasteiger partial charge in [0.05, 0.1) is 23.2 Å². The molecule has 7 heteroatoms. The zero-order valence-corrected chi connectivity index (χ0v) is 18.3. The number of esters is 1. The molecule has 3 rings (SSSR count). The van der Waals surface area contributed by atoms with E-state index in [-0.39, 0.29) is 6.04 Å². The molecular formula is C22H26ClN3O2S. The summed E-state index contributed by atoms with van der Waals surface area (Å²) in [5.74, 6) is -0.452. The highest BCUT2D eigenvalue weighted by Gasteiger charge is 2.15. The molecule has 29 heavy (non-hydrogen) atoms. The van der Waals surface area contributed by atoms with Crippen LogP contribution in [0.5, 0.6) is 0 Å². The fourth-order valence-corrected chi connectivity index (χ4v) is 3.85. The molecule has 0 saturated carbocycles. The van der Waals surface area contributed by atoms with E-state index in [1.54, 1.807) is 25.1 Å². The molecule has 2 aromatic rings. The Morgan fingerprint density at radius 3 is 2.55 bits per heavy atom. The molecule has 1 fully saturated rings. The van der Waals surface area contributed by atoms with Crippen molar-refractivity contribution >= 4 is 46.3 Å². The van der Waals surface area contributed by atoms with E-state index in [1.165, 1.54) is 18.5 Å². The minimum Gasteiger partial charge on any atom is -0.462 e. The lowest BCUT2D eigenvalue weighted by atomic mass is 10.1. The van der Waals surface area contributed by atoms with E-state index in [4.69, 9.17) is 28.6 Å². The fourth-order valence-electron chi connectivity index (χ4n) is 3.36. The second-order valence-corrected chi connectivity index (χ2v) is 7.84. The Hall–Kier alpha value is -2.31. The molecule has 0 aliphatic carbocycles. The van der Waals surface area contributed by atoms with Gasteiger partial charge in [0.25, 0.3) is 0 Å². The minimum atomic E-state index is -0.452. The second-order valence-electron chi connectivity index (χ2n) is 7.02. The van der Waals surface area contributed by atoms with E-state index in [1.807, 2.05) is 0 Å². The minimum absolute atomic E-state index is 0.0412. The molecule has 1 atom stereocenters. The van der Waals surface area contributed by atoms with Gasteiger partial charge in [0.2, 0.25) is 0 Å². The molecule has 0 bridgehead atoms. The van der Waals surface area contributed by atoms with Crippen LogP contribution in [0.3, 0.4) is 0 Å². The maximum atomic E-state index is 12.0. The summed E-state index contributed by atoms with van der Waals surface area (Å²) in [6.07, 6.45) is 2.53. The zero-order chi connectivity index (χ0) is 20.8. The lowest BCUT2D eigenvalue weighted by molar-refractivity contribution is 0.0526. The quantitative estimate of drug-likeness (QED) is 0.486. The number of halogens is 1. The first kappa shape index (κ1) is 21.4. The highest BCUT2D eigenvalue weighted by atomic mass is 35.5. The van der Waals surface area contributed by atoms with Crippen molar-refractivity contribution in [2.45, 2.75) is 32.7 Å². The monoisotopic (exact) mass is 431 g/mol. The van der Waals surface area contributed by atoms with Crippen LogP contribution in [0.25, 0.3) is 0 Å². The van der Waals surface area contributed by atoms with Gasteiger partial charge in [-0.1, -0.05) is 23.7 Å². The number of hydrogen-bond acceptors (Lipinski definition) is 4. The average Bonchev–Trinajstić information content (AvgIpc) is 3.24. The van der Waals surface area contributed by atoms with Gasteiger partial charge in [-0.25, -0.2) is 4.79 Å². The maximum Gasteiger partial charge on any atom is 0.339 e. The number of nitrogens with zero attached hydrogens (tertiary/aromatic N) is 1. The summed E-state index contributed by atoms with van der Waals surface area (Å²) in [6.45, 7) is 6.38. The van der Waals surface area contributed by atoms with E-state index in [0.717, 1.165) is 18.7 Å². The molecule has 2 N–H and O–H groups in total. The van der Waals surface area contributed by atoms with Crippen molar-refractivity contribution in [2.24, 2.45) is 0 Å². The molecule has 2 aromatic carbocycles. The van der Waals surface area contributed by atoms with Crippen molar-refractivity contribution < 1.29 is 9.53 Å². The SMILES string of the molecule is CCOC(=O)c1cc(NC(=S)N[C@@H](C)c2ccc(N3CCCC3)cc2)ccc1Cl. The number of carbonyl (C=O) groups is 1. The third-order valence-corrected chi connectivity index (χ3v) is 5.48. The van der Waals surface area contributed by atoms with Crippen LogP contribution >= 0.6 is 23.8 Å². The number of benzene rings is 2. The molecule has 1 heterocycles. The van der Waals surface area contributed by atoms with Crippen LogP contribution in [-0.2, 0) is 4.74 Å². The van der Waals surface area contributed by atoms with Crippen LogP contribution in [-0.4, -0.2) is 30.8 Å². The smallest absolute Gasteiger partial charge is 0.339 e. The normalized spacial score (nSPS) is 14.4. The first-order chi connectivity index (χ1) is 14.0. The second kappa shape index (κ2) is 9.94. The Morgan fingerprint density at radius 1 is 1.21 bits per heavy atom. The van der Waals surface area contributed by atoms with Crippen LogP contribution in [0, 0.1) is 0 Å². The van der Waals surface area contributed by atoms with Crippen molar-refractivity contribution in [1.82, 2.24) is 5.32 Å². The van der Waals surface area contributed by atoms with Crippen LogP contribution < -0.4 is 15.5 Å². The van der Waals surface area contributed by atoms with Gasteiger partial charge >= 0.3 is 5.97 Å². The zero-order valence-electron chi connectivity index (χ0n) is 16.7. The molecule has 0 amide bonds. The summed E-state index contributed by atoms with van der Waals surface area (Å²) in [7, 11) is 0. The molecule has 0 radical (unpaired) electrons. The molecule has 5 nitrogen and oxygen atoms in total. The predicted molar refractivity (Wildman–Crippen MR) is 123 cm³/mol. The van der Waals surface area contributed by atoms with E-state index >= 15 is 0 Å². The number of anilines is 2. The maximum absolute atomic E-state index is 12.0. The van der Waals surface area contributed by atoms with Crippen LogP contribution in [0.15, 0.2) is 42.5 Å². The Morgan fingerprint density at radius 2 is 1.90 bits per heavy atom. The fraction of sp³-hybridized carbons (Fsp3) is 0.364. The number of carbonyl (C=O) groups excluding carboxylic acids is 1. The highest BCUT2D eigenvalue weighted by molar-refractivity contribution is 7.80. The topological polar surface area (TPSA) is 53.6 Å². The van der Waals surface area contributed by atoms with Gasteiger partial charge in [-0.2, -0.15) is 0 Å². The first-order valence-corrected chi connectivity index (χ1v) is 10.7. The largest absolute Gasteiger partial charge is 0.462 e. The van der Waals surface area contributed by atoms with Gasteiger partial charge in [-0.05, 0) is 74.8 Å². The lowest BCUT2D eigenvalue weighted by Crippen LogP contribution is -2.31. The Balaban J connectivity index is 1.60. The van der Waals surface area contributed by atoms with Gasteiger partial charge in [-0.15, -0.1) is 0 Å². The van der Waals surface area contributed by atoms with Crippen molar-refractivity contribution in [3.8, 4) is 0 Å². The summed E-state index contributed by atoms with van der Waals surface area (Å²) < 4.78 is 5.03. The number of nitrogens with one attached hydrogen (secondary N) is 2. The van der Waals surface area contributed by atoms with Gasteiger partial charge in [0, 0.05) is 24.5 Å². The molecule has 0 aromatic heterocycles. The van der Waals surface area contributed by atoms with E-state index in [0.29, 0.717) is 28.0 Å². The summed E-state index contributed by atoms with van der Waals surface area (Å²) in [4.78, 5) is 14.4. The third kappa shape index (κ3) is 5.61. The first-order valence-electron chi connectivity index (χ1n) is 9.87. The number of hydrogen-bond donors (Lipinski definition) is 2. The van der Waals surface area contributed by atoms with E-state index < -0.39 is 5.97 Å². The predicted octanol–water partition coefficient (Wildman–Crippen LogP) is 5.16. The molecule has 1 aliphatic rings. The van der Waals surface area contributed by atoms with Crippen LogP contribution in [0.2, 0.25) is 5.02 Å². The highest BCUT2D eigenvalue weighted by Crippen LogP contribution is 2.24. The summed E-state index contributed by atoms with van der Waals surface area (Å²) >= 11 is 11.5. The molecule has 0 spiro atoms. The summed E-state index contributed by atoms with van der Waals surface area (Å²) in [5, 5.41) is 7.21. The number of rotatable bonds is 6. The summed E-state index contributed by atoms with van der Waals surface area (Å²) in [5.41, 5.74) is 3.41. The van der Waals surface area contributed by atoms with Crippen molar-refractivity contribution in [1.29, 1.82) is 0 Å². The van der Waals surface area contributed by atoms with Gasteiger partial charge in [-0.3, -0.25) is 0 Å². The number of ether oxygens (including phenoxy) is 1. The Labute approximate surface area is 182 Å². The molecular weight excluding hydrogens is 406 g/mol. The Kier molecular flexibility index (Phi) is 7.34. The molecule has 1 saturated heterocycles. The van der Waals surface area contributed by atoms with Crippen LogP contribution in [0.4, 0.5) is 11.4 Å². The standard InChI is InChI=1S/C22H26ClN3O2S/c1-3-28-21(27)19-14-17(8-11-20(19)23)25-22(29)24-15(2)16-6-9-18(10-7-16)26-12-4-5-13-26/h6-11,14-15H,3-5,12-13H2,1-2H3,(H2,24,25,29)/t15-/m0/s1. The molecule has 1 aliphatic heterocycles.